The van der Waals surface area contributed by atoms with Gasteiger partial charge < -0.3 is 9.88 Å². The molecule has 1 amide bonds. The van der Waals surface area contributed by atoms with Gasteiger partial charge >= 0.3 is 0 Å². The summed E-state index contributed by atoms with van der Waals surface area (Å²) >= 11 is 3.55. The van der Waals surface area contributed by atoms with Gasteiger partial charge in [-0.05, 0) is 43.5 Å². The van der Waals surface area contributed by atoms with Gasteiger partial charge in [-0.3, -0.25) is 4.79 Å². The van der Waals surface area contributed by atoms with Crippen LogP contribution in [0.5, 0.6) is 0 Å². The summed E-state index contributed by atoms with van der Waals surface area (Å²) in [6.07, 6.45) is 2.55. The number of carbonyl (C=O) groups is 1. The van der Waals surface area contributed by atoms with Crippen molar-refractivity contribution in [1.29, 1.82) is 0 Å². The van der Waals surface area contributed by atoms with Gasteiger partial charge in [0.15, 0.2) is 0 Å². The molecule has 0 saturated carbocycles. The Morgan fingerprint density at radius 1 is 1.37 bits per heavy atom. The van der Waals surface area contributed by atoms with Crippen molar-refractivity contribution in [3.05, 3.63) is 33.9 Å². The lowest BCUT2D eigenvalue weighted by Gasteiger charge is -2.39. The Balaban J connectivity index is 1.99. The van der Waals surface area contributed by atoms with E-state index in [9.17, 15) is 4.79 Å². The summed E-state index contributed by atoms with van der Waals surface area (Å²) in [5, 5.41) is 1.30. The molecule has 1 aromatic heterocycles. The lowest BCUT2D eigenvalue weighted by atomic mass is 9.86. The molecule has 4 rings (SSSR count). The Labute approximate surface area is 120 Å². The number of fused-ring (bicyclic) bond motifs is 5. The molecule has 2 aliphatic heterocycles. The van der Waals surface area contributed by atoms with E-state index in [1.165, 1.54) is 22.2 Å². The van der Waals surface area contributed by atoms with Crippen LogP contribution in [0.2, 0.25) is 0 Å². The van der Waals surface area contributed by atoms with Crippen LogP contribution in [0.4, 0.5) is 0 Å². The number of benzene rings is 1. The average Bonchev–Trinajstić information content (AvgIpc) is 2.89. The van der Waals surface area contributed by atoms with Gasteiger partial charge in [0.1, 0.15) is 0 Å². The van der Waals surface area contributed by atoms with Crippen molar-refractivity contribution < 1.29 is 4.79 Å². The summed E-state index contributed by atoms with van der Waals surface area (Å²) in [5.41, 5.74) is 3.69. The van der Waals surface area contributed by atoms with Gasteiger partial charge in [0.2, 0.25) is 5.91 Å². The van der Waals surface area contributed by atoms with Gasteiger partial charge in [0, 0.05) is 34.0 Å². The minimum Gasteiger partial charge on any atom is -0.356 e. The van der Waals surface area contributed by atoms with E-state index in [0.29, 0.717) is 12.3 Å². The van der Waals surface area contributed by atoms with E-state index in [-0.39, 0.29) is 5.54 Å². The molecule has 1 aromatic carbocycles. The zero-order valence-corrected chi connectivity index (χ0v) is 12.4. The van der Waals surface area contributed by atoms with Crippen LogP contribution in [-0.4, -0.2) is 22.3 Å². The number of hydrogen-bond acceptors (Lipinski definition) is 1. The van der Waals surface area contributed by atoms with E-state index in [2.05, 4.69) is 50.9 Å². The number of nitrogens with one attached hydrogen (secondary N) is 1. The number of hydrogen-bond donors (Lipinski definition) is 1. The van der Waals surface area contributed by atoms with Crippen LogP contribution < -0.4 is 0 Å². The fourth-order valence-corrected chi connectivity index (χ4v) is 4.05. The molecule has 4 heteroatoms. The summed E-state index contributed by atoms with van der Waals surface area (Å²) in [4.78, 5) is 17.6. The Hall–Kier alpha value is -1.29. The molecule has 19 heavy (non-hydrogen) atoms. The minimum absolute atomic E-state index is 0.129. The molecule has 0 unspecified atom stereocenters. The van der Waals surface area contributed by atoms with Gasteiger partial charge in [0.05, 0.1) is 5.54 Å². The van der Waals surface area contributed by atoms with Crippen molar-refractivity contribution in [2.45, 2.75) is 31.7 Å². The molecule has 98 valence electrons. The number of aromatic nitrogens is 1. The third kappa shape index (κ3) is 1.41. The first-order chi connectivity index (χ1) is 9.09. The molecule has 0 aliphatic carbocycles. The van der Waals surface area contributed by atoms with Crippen LogP contribution >= 0.6 is 15.9 Å². The Morgan fingerprint density at radius 2 is 2.21 bits per heavy atom. The van der Waals surface area contributed by atoms with Crippen molar-refractivity contribution in [1.82, 2.24) is 9.88 Å². The molecule has 1 fully saturated rings. The van der Waals surface area contributed by atoms with Crippen LogP contribution in [0.25, 0.3) is 10.9 Å². The maximum Gasteiger partial charge on any atom is 0.223 e. The van der Waals surface area contributed by atoms with Gasteiger partial charge in [-0.25, -0.2) is 0 Å². The maximum absolute atomic E-state index is 12.0. The fourth-order valence-electron chi connectivity index (χ4n) is 3.69. The predicted octanol–water partition coefficient (Wildman–Crippen LogP) is 3.32. The molecule has 2 aliphatic rings. The van der Waals surface area contributed by atoms with Gasteiger partial charge in [0.25, 0.3) is 0 Å². The van der Waals surface area contributed by atoms with Crippen molar-refractivity contribution in [2.24, 2.45) is 0 Å². The second-order valence-electron chi connectivity index (χ2n) is 5.74. The second kappa shape index (κ2) is 3.63. The van der Waals surface area contributed by atoms with Crippen molar-refractivity contribution >= 4 is 32.7 Å². The Morgan fingerprint density at radius 3 is 3.05 bits per heavy atom. The van der Waals surface area contributed by atoms with Crippen LogP contribution in [0, 0.1) is 0 Å². The summed E-state index contributed by atoms with van der Waals surface area (Å²) in [7, 11) is 0. The fraction of sp³-hybridized carbons (Fsp3) is 0.400. The highest BCUT2D eigenvalue weighted by Gasteiger charge is 2.47. The molecule has 1 atom stereocenters. The number of amides is 1. The molecule has 3 nitrogen and oxygen atoms in total. The van der Waals surface area contributed by atoms with E-state index in [1.807, 2.05) is 0 Å². The highest BCUT2D eigenvalue weighted by atomic mass is 79.9. The first kappa shape index (κ1) is 11.5. The number of rotatable bonds is 0. The Bertz CT molecular complexity index is 705. The van der Waals surface area contributed by atoms with Crippen LogP contribution in [0.3, 0.4) is 0 Å². The second-order valence-corrected chi connectivity index (χ2v) is 6.65. The molecule has 0 radical (unpaired) electrons. The number of carbonyl (C=O) groups excluding carboxylic acids is 1. The van der Waals surface area contributed by atoms with Crippen LogP contribution in [0.15, 0.2) is 22.7 Å². The third-order valence-electron chi connectivity index (χ3n) is 4.71. The molecular weight excluding hydrogens is 304 g/mol. The highest BCUT2D eigenvalue weighted by molar-refractivity contribution is 9.10. The molecule has 0 bridgehead atoms. The van der Waals surface area contributed by atoms with Crippen molar-refractivity contribution in [2.75, 3.05) is 6.54 Å². The number of H-pyrrole nitrogens is 1. The highest BCUT2D eigenvalue weighted by Crippen LogP contribution is 2.45. The van der Waals surface area contributed by atoms with E-state index < -0.39 is 0 Å². The lowest BCUT2D eigenvalue weighted by Crippen LogP contribution is -2.46. The zero-order valence-electron chi connectivity index (χ0n) is 10.8. The molecule has 2 aromatic rings. The Kier molecular flexibility index (Phi) is 2.20. The first-order valence-electron chi connectivity index (χ1n) is 6.71. The van der Waals surface area contributed by atoms with Crippen LogP contribution in [0.1, 0.15) is 31.0 Å². The SMILES string of the molecule is C[C@]12CCC(=O)N1CCc1c2[nH]c2ccc(Br)cc12. The van der Waals surface area contributed by atoms with E-state index in [0.717, 1.165) is 23.9 Å². The lowest BCUT2D eigenvalue weighted by molar-refractivity contribution is -0.131. The number of nitrogens with zero attached hydrogens (tertiary/aromatic N) is 1. The molecule has 0 spiro atoms. The summed E-state index contributed by atoms with van der Waals surface area (Å²) in [6.45, 7) is 3.04. The number of aromatic amines is 1. The van der Waals surface area contributed by atoms with Gasteiger partial charge in [-0.2, -0.15) is 0 Å². The van der Waals surface area contributed by atoms with Gasteiger partial charge in [-0.15, -0.1) is 0 Å². The normalized spacial score (nSPS) is 25.8. The first-order valence-corrected chi connectivity index (χ1v) is 7.50. The predicted molar refractivity (Wildman–Crippen MR) is 78.0 cm³/mol. The molecule has 1 saturated heterocycles. The van der Waals surface area contributed by atoms with Crippen molar-refractivity contribution in [3.63, 3.8) is 0 Å². The summed E-state index contributed by atoms with van der Waals surface area (Å²) in [5.74, 6) is 0.299. The van der Waals surface area contributed by atoms with E-state index >= 15 is 0 Å². The van der Waals surface area contributed by atoms with Crippen molar-refractivity contribution in [3.8, 4) is 0 Å². The van der Waals surface area contributed by atoms with E-state index in [1.54, 1.807) is 0 Å². The van der Waals surface area contributed by atoms with E-state index in [4.69, 9.17) is 0 Å². The smallest absolute Gasteiger partial charge is 0.223 e. The number of halogens is 1. The largest absolute Gasteiger partial charge is 0.356 e. The van der Waals surface area contributed by atoms with Gasteiger partial charge in [-0.1, -0.05) is 15.9 Å². The molecule has 1 N–H and O–H groups in total. The molecular formula is C15H15BrN2O. The topological polar surface area (TPSA) is 36.1 Å². The summed E-state index contributed by atoms with van der Waals surface area (Å²) < 4.78 is 1.11. The third-order valence-corrected chi connectivity index (χ3v) is 5.21. The minimum atomic E-state index is -0.129. The standard InChI is InChI=1S/C15H15BrN2O/c1-15-6-4-13(19)18(15)7-5-10-11-8-9(16)2-3-12(11)17-14(10)15/h2-3,8,17H,4-7H2,1H3/t15-/m1/s1. The quantitative estimate of drug-likeness (QED) is 0.794. The monoisotopic (exact) mass is 318 g/mol. The molecule has 3 heterocycles. The van der Waals surface area contributed by atoms with Crippen LogP contribution in [-0.2, 0) is 16.8 Å². The maximum atomic E-state index is 12.0. The summed E-state index contributed by atoms with van der Waals surface area (Å²) in [6, 6.07) is 6.35. The zero-order chi connectivity index (χ0) is 13.2. The average molecular weight is 319 g/mol.